The Labute approximate surface area is 180 Å². The number of rotatable bonds is 3. The summed E-state index contributed by atoms with van der Waals surface area (Å²) < 4.78 is 7.06. The van der Waals surface area contributed by atoms with Gasteiger partial charge in [0, 0.05) is 68.3 Å². The number of fused-ring (bicyclic) bond motifs is 2. The van der Waals surface area contributed by atoms with Gasteiger partial charge in [-0.25, -0.2) is 9.78 Å². The molecule has 5 rings (SSSR count). The summed E-state index contributed by atoms with van der Waals surface area (Å²) in [5.41, 5.74) is 2.95. The quantitative estimate of drug-likeness (QED) is 0.663. The molecule has 0 unspecified atom stereocenters. The van der Waals surface area contributed by atoms with Crippen LogP contribution in [-0.4, -0.2) is 65.1 Å². The molecule has 3 aromatic heterocycles. The molecule has 2 aliphatic rings. The van der Waals surface area contributed by atoms with Crippen molar-refractivity contribution in [2.45, 2.75) is 19.4 Å². The van der Waals surface area contributed by atoms with Gasteiger partial charge in [-0.05, 0) is 25.5 Å². The van der Waals surface area contributed by atoms with Crippen LogP contribution in [-0.2, 0) is 13.5 Å². The monoisotopic (exact) mass is 422 g/mol. The fourth-order valence-corrected chi connectivity index (χ4v) is 4.42. The Balaban J connectivity index is 1.40. The topological polar surface area (TPSA) is 100 Å². The smallest absolute Gasteiger partial charge is 0.328 e. The van der Waals surface area contributed by atoms with E-state index < -0.39 is 0 Å². The van der Waals surface area contributed by atoms with E-state index in [1.165, 1.54) is 5.69 Å². The van der Waals surface area contributed by atoms with E-state index in [1.807, 2.05) is 13.2 Å². The Bertz CT molecular complexity index is 1140. The SMILES string of the molecule is COc1nc(NC(=O)N2CCc3c(N4CCN[C@@H](C)C4)ccnc32)cc2cn(C)nc12. The highest BCUT2D eigenvalue weighted by atomic mass is 16.5. The minimum absolute atomic E-state index is 0.255. The maximum Gasteiger partial charge on any atom is 0.328 e. The number of aromatic nitrogens is 4. The van der Waals surface area contributed by atoms with Gasteiger partial charge in [0.2, 0.25) is 5.88 Å². The first-order valence-corrected chi connectivity index (χ1v) is 10.5. The summed E-state index contributed by atoms with van der Waals surface area (Å²) in [7, 11) is 3.38. The highest BCUT2D eigenvalue weighted by Gasteiger charge is 2.30. The second-order valence-electron chi connectivity index (χ2n) is 8.02. The third-order valence-electron chi connectivity index (χ3n) is 5.81. The van der Waals surface area contributed by atoms with Gasteiger partial charge in [0.15, 0.2) is 5.52 Å². The van der Waals surface area contributed by atoms with Crippen LogP contribution in [0.1, 0.15) is 12.5 Å². The first-order valence-electron chi connectivity index (χ1n) is 10.5. The van der Waals surface area contributed by atoms with E-state index in [0.29, 0.717) is 29.8 Å². The zero-order valence-electron chi connectivity index (χ0n) is 17.9. The van der Waals surface area contributed by atoms with Crippen molar-refractivity contribution >= 4 is 34.3 Å². The van der Waals surface area contributed by atoms with Gasteiger partial charge in [-0.15, -0.1) is 0 Å². The molecule has 31 heavy (non-hydrogen) atoms. The summed E-state index contributed by atoms with van der Waals surface area (Å²) in [6.45, 7) is 5.61. The fraction of sp³-hybridized carbons (Fsp3) is 0.429. The van der Waals surface area contributed by atoms with Crippen LogP contribution in [0.25, 0.3) is 10.9 Å². The van der Waals surface area contributed by atoms with Gasteiger partial charge in [0.1, 0.15) is 11.6 Å². The molecular weight excluding hydrogens is 396 g/mol. The van der Waals surface area contributed by atoms with Crippen molar-refractivity contribution in [1.82, 2.24) is 25.1 Å². The lowest BCUT2D eigenvalue weighted by Gasteiger charge is -2.34. The van der Waals surface area contributed by atoms with Crippen molar-refractivity contribution < 1.29 is 9.53 Å². The Morgan fingerprint density at radius 2 is 2.23 bits per heavy atom. The molecule has 0 saturated carbocycles. The summed E-state index contributed by atoms with van der Waals surface area (Å²) in [6.07, 6.45) is 4.43. The zero-order chi connectivity index (χ0) is 21.5. The molecule has 0 aromatic carbocycles. The van der Waals surface area contributed by atoms with Crippen molar-refractivity contribution in [3.8, 4) is 5.88 Å². The highest BCUT2D eigenvalue weighted by molar-refractivity contribution is 6.03. The molecule has 1 saturated heterocycles. The molecule has 162 valence electrons. The number of ether oxygens (including phenoxy) is 1. The van der Waals surface area contributed by atoms with Crippen molar-refractivity contribution in [3.63, 3.8) is 0 Å². The lowest BCUT2D eigenvalue weighted by atomic mass is 10.1. The van der Waals surface area contributed by atoms with Crippen LogP contribution in [0.2, 0.25) is 0 Å². The Morgan fingerprint density at radius 1 is 1.35 bits per heavy atom. The van der Waals surface area contributed by atoms with Gasteiger partial charge in [-0.3, -0.25) is 14.9 Å². The predicted octanol–water partition coefficient (Wildman–Crippen LogP) is 1.76. The molecule has 0 radical (unpaired) electrons. The molecule has 1 atom stereocenters. The van der Waals surface area contributed by atoms with Gasteiger partial charge in [-0.1, -0.05) is 0 Å². The van der Waals surface area contributed by atoms with E-state index in [4.69, 9.17) is 4.74 Å². The molecule has 2 aliphatic heterocycles. The number of urea groups is 1. The average Bonchev–Trinajstić information content (AvgIpc) is 3.35. The fourth-order valence-electron chi connectivity index (χ4n) is 4.42. The second-order valence-corrected chi connectivity index (χ2v) is 8.02. The van der Waals surface area contributed by atoms with E-state index >= 15 is 0 Å². The van der Waals surface area contributed by atoms with Gasteiger partial charge >= 0.3 is 6.03 Å². The summed E-state index contributed by atoms with van der Waals surface area (Å²) in [5, 5.41) is 11.6. The number of piperazine rings is 1. The van der Waals surface area contributed by atoms with Gasteiger partial charge in [0.25, 0.3) is 0 Å². The maximum atomic E-state index is 13.1. The lowest BCUT2D eigenvalue weighted by Crippen LogP contribution is -2.49. The number of methoxy groups -OCH3 is 1. The number of pyridine rings is 2. The third-order valence-corrected chi connectivity index (χ3v) is 5.81. The van der Waals surface area contributed by atoms with Gasteiger partial charge < -0.3 is 15.0 Å². The molecule has 5 heterocycles. The Kier molecular flexibility index (Phi) is 4.85. The molecule has 2 N–H and O–H groups in total. The molecule has 2 amide bonds. The van der Waals surface area contributed by atoms with E-state index in [-0.39, 0.29) is 6.03 Å². The minimum atomic E-state index is -0.255. The maximum absolute atomic E-state index is 13.1. The number of carbonyl (C=O) groups excluding carboxylic acids is 1. The summed E-state index contributed by atoms with van der Waals surface area (Å²) >= 11 is 0. The Morgan fingerprint density at radius 3 is 3.03 bits per heavy atom. The van der Waals surface area contributed by atoms with E-state index in [2.05, 4.69) is 43.6 Å². The van der Waals surface area contributed by atoms with Crippen molar-refractivity contribution in [2.75, 3.05) is 48.4 Å². The second kappa shape index (κ2) is 7.69. The average molecular weight is 422 g/mol. The number of nitrogens with zero attached hydrogens (tertiary/aromatic N) is 6. The van der Waals surface area contributed by atoms with E-state index in [0.717, 1.165) is 42.8 Å². The van der Waals surface area contributed by atoms with Crippen LogP contribution in [0.15, 0.2) is 24.5 Å². The molecule has 0 aliphatic carbocycles. The van der Waals surface area contributed by atoms with Crippen LogP contribution in [0.3, 0.4) is 0 Å². The molecule has 10 heteroatoms. The van der Waals surface area contributed by atoms with Gasteiger partial charge in [0.05, 0.1) is 7.11 Å². The van der Waals surface area contributed by atoms with Crippen molar-refractivity contribution in [3.05, 3.63) is 30.1 Å². The van der Waals surface area contributed by atoms with E-state index in [1.54, 1.807) is 29.0 Å². The number of aryl methyl sites for hydroxylation is 1. The predicted molar refractivity (Wildman–Crippen MR) is 119 cm³/mol. The van der Waals surface area contributed by atoms with Crippen LogP contribution >= 0.6 is 0 Å². The molecular formula is C21H26N8O2. The molecule has 1 fully saturated rings. The number of amides is 2. The summed E-state index contributed by atoms with van der Waals surface area (Å²) in [5.74, 6) is 1.52. The standard InChI is InChI=1S/C21H26N8O2/c1-13-11-28(9-7-22-13)16-4-6-23-19-15(16)5-8-29(19)21(30)25-17-10-14-12-27(2)26-18(14)20(24-17)31-3/h4,6,10,12-13,22H,5,7-9,11H2,1-3H3,(H,25,30)/t13-/m0/s1. The molecule has 0 spiro atoms. The van der Waals surface area contributed by atoms with E-state index in [9.17, 15) is 4.79 Å². The number of hydrogen-bond donors (Lipinski definition) is 2. The third kappa shape index (κ3) is 3.52. The largest absolute Gasteiger partial charge is 0.479 e. The van der Waals surface area contributed by atoms with Crippen molar-refractivity contribution in [2.24, 2.45) is 7.05 Å². The number of carbonyl (C=O) groups is 1. The summed E-state index contributed by atoms with van der Waals surface area (Å²) in [6, 6.07) is 4.03. The number of hydrogen-bond acceptors (Lipinski definition) is 7. The lowest BCUT2D eigenvalue weighted by molar-refractivity contribution is 0.257. The van der Waals surface area contributed by atoms with Crippen LogP contribution < -0.4 is 25.2 Å². The summed E-state index contributed by atoms with van der Waals surface area (Å²) in [4.78, 5) is 26.1. The number of anilines is 3. The van der Waals surface area contributed by atoms with Gasteiger partial charge in [-0.2, -0.15) is 10.1 Å². The first kappa shape index (κ1) is 19.6. The first-order chi connectivity index (χ1) is 15.0. The normalized spacial score (nSPS) is 18.4. The molecule has 3 aromatic rings. The minimum Gasteiger partial charge on any atom is -0.479 e. The van der Waals surface area contributed by atoms with Crippen molar-refractivity contribution in [1.29, 1.82) is 0 Å². The molecule has 10 nitrogen and oxygen atoms in total. The Hall–Kier alpha value is -3.40. The molecule has 0 bridgehead atoms. The van der Waals surface area contributed by atoms with Crippen LogP contribution in [0.5, 0.6) is 5.88 Å². The van der Waals surface area contributed by atoms with Crippen LogP contribution in [0, 0.1) is 0 Å². The van der Waals surface area contributed by atoms with Crippen LogP contribution in [0.4, 0.5) is 22.1 Å². The zero-order valence-corrected chi connectivity index (χ0v) is 17.9. The number of nitrogens with one attached hydrogen (secondary N) is 2. The highest BCUT2D eigenvalue weighted by Crippen LogP contribution is 2.34.